The molecule has 10 heteroatoms. The molecule has 3 aromatic rings. The highest BCUT2D eigenvalue weighted by Gasteiger charge is 2.39. The van der Waals surface area contributed by atoms with Gasteiger partial charge in [0.05, 0.1) is 40.2 Å². The summed E-state index contributed by atoms with van der Waals surface area (Å²) in [5, 5.41) is 15.0. The van der Waals surface area contributed by atoms with Crippen molar-refractivity contribution in [2.24, 2.45) is 5.92 Å². The number of aromatic nitrogens is 3. The summed E-state index contributed by atoms with van der Waals surface area (Å²) in [6, 6.07) is 7.85. The Morgan fingerprint density at radius 2 is 2.06 bits per heavy atom. The number of esters is 1. The number of nitrogen functional groups attached to an aromatic ring is 1. The second kappa shape index (κ2) is 10.4. The molecule has 2 heterocycles. The topological polar surface area (TPSA) is 132 Å². The fourth-order valence-corrected chi connectivity index (χ4v) is 5.57. The molecule has 9 nitrogen and oxygen atoms in total. The van der Waals surface area contributed by atoms with Gasteiger partial charge in [-0.1, -0.05) is 19.1 Å². The predicted octanol–water partition coefficient (Wildman–Crippen LogP) is 4.29. The van der Waals surface area contributed by atoms with Crippen LogP contribution in [0.15, 0.2) is 24.3 Å². The first-order valence-corrected chi connectivity index (χ1v) is 12.8. The van der Waals surface area contributed by atoms with Gasteiger partial charge in [-0.3, -0.25) is 4.79 Å². The molecular weight excluding hydrogens is 466 g/mol. The van der Waals surface area contributed by atoms with Gasteiger partial charge in [-0.05, 0) is 57.6 Å². The Morgan fingerprint density at radius 3 is 2.77 bits per heavy atom. The third kappa shape index (κ3) is 6.06. The van der Waals surface area contributed by atoms with E-state index in [-0.39, 0.29) is 30.0 Å². The average Bonchev–Trinajstić information content (AvgIpc) is 3.36. The smallest absolute Gasteiger partial charge is 0.302 e. The highest BCUT2D eigenvalue weighted by Crippen LogP contribution is 2.39. The first-order valence-electron chi connectivity index (χ1n) is 12.0. The van der Waals surface area contributed by atoms with Crippen molar-refractivity contribution in [1.29, 1.82) is 0 Å². The summed E-state index contributed by atoms with van der Waals surface area (Å²) >= 11 is 1.58. The number of ether oxygens (including phenoxy) is 2. The van der Waals surface area contributed by atoms with E-state index in [1.54, 1.807) is 18.3 Å². The number of carbonyl (C=O) groups is 1. The van der Waals surface area contributed by atoms with E-state index in [0.717, 1.165) is 45.7 Å². The number of aliphatic hydroxyl groups is 1. The van der Waals surface area contributed by atoms with Gasteiger partial charge < -0.3 is 25.6 Å². The summed E-state index contributed by atoms with van der Waals surface area (Å²) in [6.07, 6.45) is 2.43. The van der Waals surface area contributed by atoms with Crippen LogP contribution >= 0.6 is 11.3 Å². The van der Waals surface area contributed by atoms with Gasteiger partial charge in [0.2, 0.25) is 5.95 Å². The second-order valence-electron chi connectivity index (χ2n) is 9.28. The molecule has 0 aliphatic heterocycles. The number of thiazole rings is 1. The van der Waals surface area contributed by atoms with Crippen molar-refractivity contribution in [1.82, 2.24) is 15.0 Å². The predicted molar refractivity (Wildman–Crippen MR) is 137 cm³/mol. The number of nitrogens with one attached hydrogen (secondary N) is 1. The van der Waals surface area contributed by atoms with E-state index >= 15 is 0 Å². The van der Waals surface area contributed by atoms with Crippen LogP contribution in [-0.2, 0) is 14.3 Å². The largest absolute Gasteiger partial charge is 0.466 e. The highest BCUT2D eigenvalue weighted by molar-refractivity contribution is 7.21. The summed E-state index contributed by atoms with van der Waals surface area (Å²) < 4.78 is 12.4. The lowest BCUT2D eigenvalue weighted by molar-refractivity contribution is -0.219. The van der Waals surface area contributed by atoms with Gasteiger partial charge in [-0.25, -0.2) is 9.97 Å². The molecular formula is C25H33N5O4S. The van der Waals surface area contributed by atoms with Crippen molar-refractivity contribution in [3.05, 3.63) is 30.0 Å². The first-order chi connectivity index (χ1) is 16.6. The maximum absolute atomic E-state index is 11.2. The molecule has 1 saturated carbocycles. The maximum Gasteiger partial charge on any atom is 0.302 e. The summed E-state index contributed by atoms with van der Waals surface area (Å²) in [6.45, 7) is 7.23. The van der Waals surface area contributed by atoms with E-state index < -0.39 is 5.79 Å². The zero-order chi connectivity index (χ0) is 25.2. The highest BCUT2D eigenvalue weighted by atomic mass is 32.1. The van der Waals surface area contributed by atoms with Crippen molar-refractivity contribution >= 4 is 39.3 Å². The Hall–Kier alpha value is -2.82. The van der Waals surface area contributed by atoms with Crippen LogP contribution in [0.3, 0.4) is 0 Å². The lowest BCUT2D eigenvalue weighted by Gasteiger charge is -2.30. The monoisotopic (exact) mass is 499 g/mol. The molecule has 0 amide bonds. The molecule has 4 atom stereocenters. The molecule has 2 aromatic heterocycles. The van der Waals surface area contributed by atoms with Crippen molar-refractivity contribution in [3.63, 3.8) is 0 Å². The molecule has 35 heavy (non-hydrogen) atoms. The molecule has 0 saturated heterocycles. The summed E-state index contributed by atoms with van der Waals surface area (Å²) in [5.41, 5.74) is 8.50. The molecule has 188 valence electrons. The lowest BCUT2D eigenvalue weighted by atomic mass is 10.0. The van der Waals surface area contributed by atoms with Crippen LogP contribution in [0, 0.1) is 12.8 Å². The minimum absolute atomic E-state index is 0.128. The van der Waals surface area contributed by atoms with Gasteiger partial charge in [0.1, 0.15) is 10.8 Å². The SMILES string of the molecule is CCC(C)(O)OC1CC(CCOC(C)=O)CC1Nc1nc(N)nc(C)c1-c1nc2ccccc2s1. The molecule has 0 bridgehead atoms. The maximum atomic E-state index is 11.2. The van der Waals surface area contributed by atoms with Gasteiger partial charge in [-0.15, -0.1) is 11.3 Å². The fourth-order valence-electron chi connectivity index (χ4n) is 4.51. The number of rotatable bonds is 9. The minimum atomic E-state index is -1.24. The normalized spacial score (nSPS) is 21.7. The fraction of sp³-hybridized carbons (Fsp3) is 0.520. The van der Waals surface area contributed by atoms with Crippen molar-refractivity contribution < 1.29 is 19.4 Å². The molecule has 4 N–H and O–H groups in total. The number of para-hydroxylation sites is 1. The molecule has 4 rings (SSSR count). The van der Waals surface area contributed by atoms with Crippen LogP contribution in [0.5, 0.6) is 0 Å². The molecule has 1 fully saturated rings. The van der Waals surface area contributed by atoms with Crippen LogP contribution < -0.4 is 11.1 Å². The second-order valence-corrected chi connectivity index (χ2v) is 10.3. The van der Waals surface area contributed by atoms with E-state index in [1.807, 2.05) is 38.1 Å². The number of hydrogen-bond donors (Lipinski definition) is 3. The van der Waals surface area contributed by atoms with E-state index in [1.165, 1.54) is 6.92 Å². The number of aryl methyl sites for hydroxylation is 1. The van der Waals surface area contributed by atoms with E-state index in [0.29, 0.717) is 18.8 Å². The number of carbonyl (C=O) groups excluding carboxylic acids is 1. The van der Waals surface area contributed by atoms with E-state index in [9.17, 15) is 9.90 Å². The molecule has 1 aromatic carbocycles. The van der Waals surface area contributed by atoms with Crippen LogP contribution in [0.25, 0.3) is 20.8 Å². The number of nitrogens with zero attached hydrogens (tertiary/aromatic N) is 3. The van der Waals surface area contributed by atoms with Gasteiger partial charge >= 0.3 is 5.97 Å². The quantitative estimate of drug-likeness (QED) is 0.291. The molecule has 4 unspecified atom stereocenters. The Labute approximate surface area is 209 Å². The number of hydrogen-bond acceptors (Lipinski definition) is 10. The number of nitrogens with two attached hydrogens (primary N) is 1. The Bertz CT molecular complexity index is 1160. The van der Waals surface area contributed by atoms with Crippen molar-refractivity contribution in [2.75, 3.05) is 17.7 Å². The van der Waals surface area contributed by atoms with Gasteiger partial charge in [0.15, 0.2) is 5.79 Å². The summed E-state index contributed by atoms with van der Waals surface area (Å²) in [7, 11) is 0. The van der Waals surface area contributed by atoms with Gasteiger partial charge in [-0.2, -0.15) is 4.98 Å². The van der Waals surface area contributed by atoms with E-state index in [2.05, 4.69) is 15.3 Å². The molecule has 0 spiro atoms. The third-order valence-corrected chi connectivity index (χ3v) is 7.49. The van der Waals surface area contributed by atoms with Crippen molar-refractivity contribution in [3.8, 4) is 10.6 Å². The number of fused-ring (bicyclic) bond motifs is 1. The summed E-state index contributed by atoms with van der Waals surface area (Å²) in [4.78, 5) is 24.9. The number of anilines is 2. The van der Waals surface area contributed by atoms with Crippen molar-refractivity contribution in [2.45, 2.75) is 71.3 Å². The zero-order valence-corrected chi connectivity index (χ0v) is 21.4. The van der Waals surface area contributed by atoms with Crippen LogP contribution in [0.2, 0.25) is 0 Å². The van der Waals surface area contributed by atoms with Crippen LogP contribution in [0.4, 0.5) is 11.8 Å². The Balaban J connectivity index is 1.63. The molecule has 0 radical (unpaired) electrons. The minimum Gasteiger partial charge on any atom is -0.466 e. The summed E-state index contributed by atoms with van der Waals surface area (Å²) in [5.74, 6) is -0.490. The van der Waals surface area contributed by atoms with Gasteiger partial charge in [0.25, 0.3) is 0 Å². The molecule has 1 aliphatic carbocycles. The average molecular weight is 500 g/mol. The lowest BCUT2D eigenvalue weighted by Crippen LogP contribution is -2.39. The molecule has 1 aliphatic rings. The Morgan fingerprint density at radius 1 is 1.29 bits per heavy atom. The van der Waals surface area contributed by atoms with E-state index in [4.69, 9.17) is 20.2 Å². The third-order valence-electron chi connectivity index (χ3n) is 6.43. The van der Waals surface area contributed by atoms with Crippen LogP contribution in [0.1, 0.15) is 52.1 Å². The zero-order valence-electron chi connectivity index (χ0n) is 20.6. The number of benzene rings is 1. The Kier molecular flexibility index (Phi) is 7.53. The standard InChI is InChI=1S/C25H33N5O4S/c1-5-25(4,32)34-19-13-16(10-11-33-15(3)31)12-18(19)28-22-21(14(2)27-24(26)30-22)23-29-17-8-6-7-9-20(17)35-23/h6-9,16,18-19,32H,5,10-13H2,1-4H3,(H3,26,27,28,30). The van der Waals surface area contributed by atoms with Gasteiger partial charge in [0, 0.05) is 6.92 Å². The van der Waals surface area contributed by atoms with Crippen LogP contribution in [-0.4, -0.2) is 50.6 Å². The first kappa shape index (κ1) is 25.3.